The molecule has 2 N–H and O–H groups in total. The zero-order valence-corrected chi connectivity index (χ0v) is 19.4. The van der Waals surface area contributed by atoms with E-state index in [4.69, 9.17) is 0 Å². The van der Waals surface area contributed by atoms with Gasteiger partial charge in [0.15, 0.2) is 0 Å². The zero-order chi connectivity index (χ0) is 18.6. The van der Waals surface area contributed by atoms with Gasteiger partial charge in [-0.3, -0.25) is 0 Å². The van der Waals surface area contributed by atoms with Crippen LogP contribution in [0.25, 0.3) is 32.7 Å². The van der Waals surface area contributed by atoms with E-state index in [9.17, 15) is 10.2 Å². The first-order chi connectivity index (χ1) is 12.4. The molecule has 0 aliphatic rings. The van der Waals surface area contributed by atoms with Crippen LogP contribution in [0.2, 0.25) is 0 Å². The molecular weight excluding hydrogens is 592 g/mol. The van der Waals surface area contributed by atoms with Gasteiger partial charge < -0.3 is 10.2 Å². The summed E-state index contributed by atoms with van der Waals surface area (Å²) >= 11 is 14.2. The highest BCUT2D eigenvalue weighted by Crippen LogP contribution is 2.52. The van der Waals surface area contributed by atoms with Crippen LogP contribution < -0.4 is 0 Å². The molecule has 4 aromatic carbocycles. The minimum absolute atomic E-state index is 0.0743. The van der Waals surface area contributed by atoms with Gasteiger partial charge in [-0.1, -0.05) is 36.4 Å². The second-order valence-electron chi connectivity index (χ2n) is 5.82. The molecule has 6 heteroatoms. The number of hydrogen-bond donors (Lipinski definition) is 2. The number of phenols is 2. The van der Waals surface area contributed by atoms with Crippen molar-refractivity contribution in [3.63, 3.8) is 0 Å². The number of rotatable bonds is 1. The van der Waals surface area contributed by atoms with Gasteiger partial charge in [-0.05, 0) is 92.0 Å². The Hall–Kier alpha value is -1.08. The van der Waals surface area contributed by atoms with E-state index in [-0.39, 0.29) is 11.5 Å². The Morgan fingerprint density at radius 2 is 1.35 bits per heavy atom. The van der Waals surface area contributed by atoms with E-state index in [0.717, 1.165) is 35.0 Å². The fourth-order valence-electron chi connectivity index (χ4n) is 3.20. The summed E-state index contributed by atoms with van der Waals surface area (Å²) in [6, 6.07) is 15.2. The highest BCUT2D eigenvalue weighted by Gasteiger charge is 2.23. The Kier molecular flexibility index (Phi) is 4.80. The molecule has 0 spiro atoms. The van der Waals surface area contributed by atoms with Crippen LogP contribution >= 0.6 is 63.7 Å². The summed E-state index contributed by atoms with van der Waals surface area (Å²) in [6.07, 6.45) is 0. The lowest BCUT2D eigenvalue weighted by molar-refractivity contribution is 0.468. The molecule has 0 aromatic heterocycles. The summed E-state index contributed by atoms with van der Waals surface area (Å²) in [5.41, 5.74) is 1.19. The zero-order valence-electron chi connectivity index (χ0n) is 13.0. The molecule has 0 aliphatic heterocycles. The Morgan fingerprint density at radius 1 is 0.615 bits per heavy atom. The van der Waals surface area contributed by atoms with Crippen molar-refractivity contribution in [2.45, 2.75) is 0 Å². The van der Waals surface area contributed by atoms with E-state index in [2.05, 4.69) is 63.7 Å². The van der Waals surface area contributed by atoms with Crippen LogP contribution in [0.3, 0.4) is 0 Å². The van der Waals surface area contributed by atoms with E-state index in [1.807, 2.05) is 42.5 Å². The predicted octanol–water partition coefficient (Wildman–Crippen LogP) is 8.12. The van der Waals surface area contributed by atoms with Crippen LogP contribution in [0.1, 0.15) is 0 Å². The van der Waals surface area contributed by atoms with Crippen LogP contribution in [0.5, 0.6) is 11.5 Å². The van der Waals surface area contributed by atoms with Crippen LogP contribution in [0.4, 0.5) is 0 Å². The van der Waals surface area contributed by atoms with Gasteiger partial charge in [-0.2, -0.15) is 0 Å². The molecule has 130 valence electrons. The quantitative estimate of drug-likeness (QED) is 0.231. The lowest BCUT2D eigenvalue weighted by Crippen LogP contribution is -1.90. The monoisotopic (exact) mass is 598 g/mol. The molecule has 0 atom stereocenters. The Labute approximate surface area is 183 Å². The van der Waals surface area contributed by atoms with Gasteiger partial charge in [0.1, 0.15) is 11.5 Å². The average Bonchev–Trinajstić information content (AvgIpc) is 2.64. The lowest BCUT2D eigenvalue weighted by Gasteiger charge is -2.18. The molecule has 0 amide bonds. The summed E-state index contributed by atoms with van der Waals surface area (Å²) in [5.74, 6) is 0.193. The Balaban J connectivity index is 2.28. The van der Waals surface area contributed by atoms with Gasteiger partial charge in [0.05, 0.1) is 4.47 Å². The Morgan fingerprint density at radius 3 is 2.12 bits per heavy atom. The summed E-state index contributed by atoms with van der Waals surface area (Å²) in [4.78, 5) is 0. The highest BCUT2D eigenvalue weighted by atomic mass is 79.9. The minimum atomic E-state index is 0.0743. The molecular formula is C20H10Br4O2. The molecule has 4 rings (SSSR count). The molecule has 0 unspecified atom stereocenters. The van der Waals surface area contributed by atoms with Crippen molar-refractivity contribution in [2.24, 2.45) is 0 Å². The minimum Gasteiger partial charge on any atom is -0.507 e. The molecule has 0 aliphatic carbocycles. The standard InChI is InChI=1S/C20H10Br4O2/c21-12-7-6-11-15(20(26)19(24)18(23)16(11)17(12)22)14-10-4-2-1-3-9(10)5-8-13(14)25/h1-8,25-26H. The van der Waals surface area contributed by atoms with Crippen molar-refractivity contribution < 1.29 is 10.2 Å². The fraction of sp³-hybridized carbons (Fsp3) is 0. The van der Waals surface area contributed by atoms with E-state index >= 15 is 0 Å². The number of hydrogen-bond acceptors (Lipinski definition) is 2. The van der Waals surface area contributed by atoms with Gasteiger partial charge in [0.25, 0.3) is 0 Å². The van der Waals surface area contributed by atoms with Gasteiger partial charge >= 0.3 is 0 Å². The highest BCUT2D eigenvalue weighted by molar-refractivity contribution is 9.13. The maximum absolute atomic E-state index is 11.0. The van der Waals surface area contributed by atoms with Crippen LogP contribution in [0, 0.1) is 0 Å². The number of aromatic hydroxyl groups is 2. The molecule has 26 heavy (non-hydrogen) atoms. The number of phenolic OH excluding ortho intramolecular Hbond substituents is 2. The van der Waals surface area contributed by atoms with E-state index < -0.39 is 0 Å². The first kappa shape index (κ1) is 18.3. The molecule has 4 aromatic rings. The van der Waals surface area contributed by atoms with Crippen LogP contribution in [-0.2, 0) is 0 Å². The number of halogens is 4. The molecule has 0 radical (unpaired) electrons. The summed E-state index contributed by atoms with van der Waals surface area (Å²) in [5, 5.41) is 25.2. The maximum Gasteiger partial charge on any atom is 0.139 e. The summed E-state index contributed by atoms with van der Waals surface area (Å²) in [6.45, 7) is 0. The molecule has 0 saturated carbocycles. The fourth-order valence-corrected chi connectivity index (χ4v) is 5.34. The van der Waals surface area contributed by atoms with E-state index in [0.29, 0.717) is 15.6 Å². The second kappa shape index (κ2) is 6.82. The third-order valence-corrected chi connectivity index (χ3v) is 8.49. The molecule has 0 heterocycles. The van der Waals surface area contributed by atoms with Crippen molar-refractivity contribution in [3.05, 3.63) is 66.4 Å². The van der Waals surface area contributed by atoms with Crippen LogP contribution in [-0.4, -0.2) is 10.2 Å². The van der Waals surface area contributed by atoms with E-state index in [1.165, 1.54) is 0 Å². The third-order valence-electron chi connectivity index (χ3n) is 4.38. The molecule has 0 fully saturated rings. The molecule has 0 bridgehead atoms. The number of fused-ring (bicyclic) bond motifs is 2. The third kappa shape index (κ3) is 2.70. The van der Waals surface area contributed by atoms with Crippen molar-refractivity contribution >= 4 is 85.3 Å². The SMILES string of the molecule is Oc1ccc2ccccc2c1-c1c(O)c(Br)c(Br)c2c(Br)c(Br)ccc12. The van der Waals surface area contributed by atoms with Gasteiger partial charge in [0.2, 0.25) is 0 Å². The van der Waals surface area contributed by atoms with E-state index in [1.54, 1.807) is 6.07 Å². The largest absolute Gasteiger partial charge is 0.507 e. The van der Waals surface area contributed by atoms with Crippen molar-refractivity contribution in [1.82, 2.24) is 0 Å². The average molecular weight is 602 g/mol. The first-order valence-electron chi connectivity index (χ1n) is 7.60. The van der Waals surface area contributed by atoms with Crippen molar-refractivity contribution in [2.75, 3.05) is 0 Å². The van der Waals surface area contributed by atoms with Gasteiger partial charge in [-0.15, -0.1) is 0 Å². The maximum atomic E-state index is 11.0. The molecule has 0 saturated heterocycles. The second-order valence-corrected chi connectivity index (χ2v) is 9.05. The molecule has 2 nitrogen and oxygen atoms in total. The lowest BCUT2D eigenvalue weighted by atomic mass is 9.92. The van der Waals surface area contributed by atoms with Crippen molar-refractivity contribution in [1.29, 1.82) is 0 Å². The normalized spacial score (nSPS) is 11.4. The predicted molar refractivity (Wildman–Crippen MR) is 121 cm³/mol. The smallest absolute Gasteiger partial charge is 0.139 e. The first-order valence-corrected chi connectivity index (χ1v) is 10.8. The van der Waals surface area contributed by atoms with Crippen molar-refractivity contribution in [3.8, 4) is 22.6 Å². The van der Waals surface area contributed by atoms with Crippen LogP contribution in [0.15, 0.2) is 66.4 Å². The summed E-state index contributed by atoms with van der Waals surface area (Å²) < 4.78 is 3.03. The number of benzene rings is 4. The topological polar surface area (TPSA) is 40.5 Å². The Bertz CT molecular complexity index is 1200. The van der Waals surface area contributed by atoms with Gasteiger partial charge in [0, 0.05) is 29.9 Å². The van der Waals surface area contributed by atoms with Gasteiger partial charge in [-0.25, -0.2) is 0 Å². The summed E-state index contributed by atoms with van der Waals surface area (Å²) in [7, 11) is 0.